The Morgan fingerprint density at radius 1 is 1.00 bits per heavy atom. The lowest BCUT2D eigenvalue weighted by atomic mass is 9.85. The fourth-order valence-electron chi connectivity index (χ4n) is 3.91. The lowest BCUT2D eigenvalue weighted by Gasteiger charge is -2.29. The first kappa shape index (κ1) is 19.6. The first-order valence-electron chi connectivity index (χ1n) is 9.63. The van der Waals surface area contributed by atoms with E-state index in [1.54, 1.807) is 17.0 Å². The fraction of sp³-hybridized carbons (Fsp3) is 0.318. The van der Waals surface area contributed by atoms with Gasteiger partial charge in [-0.3, -0.25) is 19.7 Å². The smallest absolute Gasteiger partial charge is 0.268 e. The van der Waals surface area contributed by atoms with Crippen molar-refractivity contribution in [2.24, 2.45) is 0 Å². The topological polar surface area (TPSA) is 66.5 Å². The van der Waals surface area contributed by atoms with E-state index in [4.69, 9.17) is 11.6 Å². The third-order valence-electron chi connectivity index (χ3n) is 5.55. The van der Waals surface area contributed by atoms with Gasteiger partial charge < -0.3 is 4.90 Å². The quantitative estimate of drug-likeness (QED) is 0.768. The second-order valence-electron chi connectivity index (χ2n) is 7.39. The highest BCUT2D eigenvalue weighted by molar-refractivity contribution is 6.34. The molecule has 0 bridgehead atoms. The molecular weight excluding hydrogens is 395 g/mol. The number of amides is 3. The summed E-state index contributed by atoms with van der Waals surface area (Å²) in [5.41, 5.74) is -0.139. The van der Waals surface area contributed by atoms with Crippen molar-refractivity contribution in [3.8, 4) is 11.1 Å². The summed E-state index contributed by atoms with van der Waals surface area (Å²) in [6.07, 6.45) is 2.13. The molecule has 5 nitrogen and oxygen atoms in total. The van der Waals surface area contributed by atoms with Crippen molar-refractivity contribution in [2.75, 3.05) is 11.4 Å². The van der Waals surface area contributed by atoms with Crippen molar-refractivity contribution in [1.29, 1.82) is 0 Å². The molecule has 0 aromatic heterocycles. The lowest BCUT2D eigenvalue weighted by Crippen LogP contribution is -2.49. The van der Waals surface area contributed by atoms with Gasteiger partial charge in [-0.15, -0.1) is 0 Å². The number of hydrogen-bond donors (Lipinski definition) is 1. The van der Waals surface area contributed by atoms with E-state index in [1.807, 2.05) is 24.3 Å². The lowest BCUT2D eigenvalue weighted by molar-refractivity contribution is -0.144. The van der Waals surface area contributed by atoms with Crippen LogP contribution in [0.3, 0.4) is 0 Å². The molecule has 29 heavy (non-hydrogen) atoms. The normalized spacial score (nSPS) is 22.6. The molecule has 2 aromatic rings. The second kappa shape index (κ2) is 7.59. The van der Waals surface area contributed by atoms with Gasteiger partial charge in [0, 0.05) is 42.6 Å². The zero-order chi connectivity index (χ0) is 20.6. The van der Waals surface area contributed by atoms with E-state index in [0.29, 0.717) is 18.5 Å². The monoisotopic (exact) mass is 414 g/mol. The number of hydrogen-bond acceptors (Lipinski definition) is 3. The van der Waals surface area contributed by atoms with Gasteiger partial charge in [0.2, 0.25) is 17.5 Å². The van der Waals surface area contributed by atoms with Crippen LogP contribution in [0.4, 0.5) is 10.1 Å². The number of carbonyl (C=O) groups excluding carboxylic acids is 3. The van der Waals surface area contributed by atoms with Gasteiger partial charge in [-0.25, -0.2) is 4.39 Å². The first-order valence-corrected chi connectivity index (χ1v) is 10.0. The first-order chi connectivity index (χ1) is 13.9. The Balaban J connectivity index is 1.66. The molecule has 1 N–H and O–H groups in total. The summed E-state index contributed by atoms with van der Waals surface area (Å²) in [4.78, 5) is 37.4. The van der Waals surface area contributed by atoms with Crippen LogP contribution in [0.25, 0.3) is 11.1 Å². The standard InChI is InChI=1S/C22H20ClFN2O3/c23-20-16(4-3-5-17(20)22(24)12-11-18(27)25-21(22)29)14-7-9-15(10-8-14)26-13-2-1-6-19(26)28/h3-5,7-10H,1-2,6,11-13H2,(H,25,27,29)/t22-/m1/s1. The van der Waals surface area contributed by atoms with E-state index in [2.05, 4.69) is 5.32 Å². The summed E-state index contributed by atoms with van der Waals surface area (Å²) in [5.74, 6) is -1.36. The summed E-state index contributed by atoms with van der Waals surface area (Å²) in [6, 6.07) is 12.2. The van der Waals surface area contributed by atoms with E-state index in [0.717, 1.165) is 24.1 Å². The maximum atomic E-state index is 15.5. The van der Waals surface area contributed by atoms with Crippen molar-refractivity contribution in [1.82, 2.24) is 5.32 Å². The third kappa shape index (κ3) is 3.53. The zero-order valence-corrected chi connectivity index (χ0v) is 16.5. The molecule has 7 heteroatoms. The molecule has 4 rings (SSSR count). The number of anilines is 1. The molecule has 0 radical (unpaired) electrons. The molecule has 0 unspecified atom stereocenters. The van der Waals surface area contributed by atoms with Gasteiger partial charge in [-0.2, -0.15) is 0 Å². The molecule has 150 valence electrons. The Labute approximate surface area is 172 Å². The predicted molar refractivity (Wildman–Crippen MR) is 108 cm³/mol. The summed E-state index contributed by atoms with van der Waals surface area (Å²) in [7, 11) is 0. The molecule has 2 aliphatic heterocycles. The van der Waals surface area contributed by atoms with Crippen molar-refractivity contribution in [2.45, 2.75) is 37.8 Å². The number of alkyl halides is 1. The van der Waals surface area contributed by atoms with Gasteiger partial charge in [0.05, 0.1) is 5.02 Å². The van der Waals surface area contributed by atoms with Crippen LogP contribution in [0.2, 0.25) is 5.02 Å². The Hall–Kier alpha value is -2.73. The molecule has 0 saturated carbocycles. The van der Waals surface area contributed by atoms with Crippen LogP contribution in [0, 0.1) is 0 Å². The highest BCUT2D eigenvalue weighted by atomic mass is 35.5. The summed E-state index contributed by atoms with van der Waals surface area (Å²) in [6.45, 7) is 0.701. The molecule has 1 atom stereocenters. The third-order valence-corrected chi connectivity index (χ3v) is 5.96. The second-order valence-corrected chi connectivity index (χ2v) is 7.77. The van der Waals surface area contributed by atoms with Crippen LogP contribution in [0.15, 0.2) is 42.5 Å². The van der Waals surface area contributed by atoms with E-state index >= 15 is 4.39 Å². The number of piperidine rings is 2. The SMILES string of the molecule is O=C1CC[C@@](F)(c2cccc(-c3ccc(N4CCCCC4=O)cc3)c2Cl)C(=O)N1. The average Bonchev–Trinajstić information content (AvgIpc) is 2.72. The van der Waals surface area contributed by atoms with Gasteiger partial charge in [0.1, 0.15) is 0 Å². The highest BCUT2D eigenvalue weighted by Gasteiger charge is 2.46. The van der Waals surface area contributed by atoms with Crippen molar-refractivity contribution in [3.63, 3.8) is 0 Å². The van der Waals surface area contributed by atoms with Crippen LogP contribution in [-0.4, -0.2) is 24.3 Å². The molecule has 0 aliphatic carbocycles. The fourth-order valence-corrected chi connectivity index (χ4v) is 4.29. The van der Waals surface area contributed by atoms with E-state index in [1.165, 1.54) is 6.07 Å². The maximum Gasteiger partial charge on any atom is 0.268 e. The number of carbonyl (C=O) groups is 3. The van der Waals surface area contributed by atoms with E-state index in [-0.39, 0.29) is 29.3 Å². The Morgan fingerprint density at radius 3 is 2.45 bits per heavy atom. The van der Waals surface area contributed by atoms with Crippen molar-refractivity contribution < 1.29 is 18.8 Å². The molecule has 3 amide bonds. The molecule has 2 aliphatic rings. The number of rotatable bonds is 3. The molecular formula is C22H20ClFN2O3. The Kier molecular flexibility index (Phi) is 5.13. The highest BCUT2D eigenvalue weighted by Crippen LogP contribution is 2.42. The largest absolute Gasteiger partial charge is 0.312 e. The molecule has 2 fully saturated rings. The van der Waals surface area contributed by atoms with Crippen molar-refractivity contribution in [3.05, 3.63) is 53.1 Å². The van der Waals surface area contributed by atoms with E-state index in [9.17, 15) is 14.4 Å². The van der Waals surface area contributed by atoms with Crippen LogP contribution in [0.5, 0.6) is 0 Å². The molecule has 0 spiro atoms. The Bertz CT molecular complexity index is 992. The van der Waals surface area contributed by atoms with E-state index < -0.39 is 17.5 Å². The zero-order valence-electron chi connectivity index (χ0n) is 15.7. The number of imide groups is 1. The number of nitrogens with one attached hydrogen (secondary N) is 1. The summed E-state index contributed by atoms with van der Waals surface area (Å²) in [5, 5.41) is 2.19. The number of benzene rings is 2. The van der Waals surface area contributed by atoms with Gasteiger partial charge in [-0.1, -0.05) is 41.9 Å². The Morgan fingerprint density at radius 2 is 1.76 bits per heavy atom. The maximum absolute atomic E-state index is 15.5. The van der Waals surface area contributed by atoms with Gasteiger partial charge in [-0.05, 0) is 30.5 Å². The van der Waals surface area contributed by atoms with Crippen LogP contribution < -0.4 is 10.2 Å². The molecule has 2 aromatic carbocycles. The van der Waals surface area contributed by atoms with Gasteiger partial charge in [0.15, 0.2) is 0 Å². The predicted octanol–water partition coefficient (Wildman–Crippen LogP) is 4.13. The minimum atomic E-state index is -2.35. The molecule has 2 saturated heterocycles. The van der Waals surface area contributed by atoms with Crippen LogP contribution in [-0.2, 0) is 20.1 Å². The molecule has 2 heterocycles. The number of halogens is 2. The van der Waals surface area contributed by atoms with Crippen molar-refractivity contribution >= 4 is 35.0 Å². The van der Waals surface area contributed by atoms with Crippen LogP contribution >= 0.6 is 11.6 Å². The van der Waals surface area contributed by atoms with Gasteiger partial charge >= 0.3 is 0 Å². The minimum Gasteiger partial charge on any atom is -0.312 e. The summed E-state index contributed by atoms with van der Waals surface area (Å²) >= 11 is 6.51. The average molecular weight is 415 g/mol. The van der Waals surface area contributed by atoms with Gasteiger partial charge in [0.25, 0.3) is 5.91 Å². The summed E-state index contributed by atoms with van der Waals surface area (Å²) < 4.78 is 15.5. The number of nitrogens with zero attached hydrogens (tertiary/aromatic N) is 1. The minimum absolute atomic E-state index is 0.0527. The van der Waals surface area contributed by atoms with Crippen LogP contribution in [0.1, 0.15) is 37.7 Å².